The fourth-order valence-electron chi connectivity index (χ4n) is 4.01. The fourth-order valence-corrected chi connectivity index (χ4v) is 4.01. The minimum absolute atomic E-state index is 0.0534. The van der Waals surface area contributed by atoms with Gasteiger partial charge < -0.3 is 21.4 Å². The molecule has 0 atom stereocenters. The summed E-state index contributed by atoms with van der Waals surface area (Å²) in [7, 11) is 1.57. The van der Waals surface area contributed by atoms with Gasteiger partial charge in [0.2, 0.25) is 5.43 Å². The molecule has 2 aromatic carbocycles. The van der Waals surface area contributed by atoms with Crippen molar-refractivity contribution >= 4 is 40.0 Å². The molecule has 2 heterocycles. The van der Waals surface area contributed by atoms with Gasteiger partial charge >= 0.3 is 6.03 Å². The molecule has 0 fully saturated rings. The Kier molecular flexibility index (Phi) is 6.01. The molecule has 0 radical (unpaired) electrons. The first kappa shape index (κ1) is 22.5. The number of carbonyl (C=O) groups is 2. The van der Waals surface area contributed by atoms with Crippen molar-refractivity contribution in [3.63, 3.8) is 0 Å². The van der Waals surface area contributed by atoms with E-state index >= 15 is 0 Å². The number of nitrogen functional groups attached to an aromatic ring is 1. The maximum atomic E-state index is 12.8. The number of amides is 3. The van der Waals surface area contributed by atoms with Crippen LogP contribution in [0, 0.1) is 0 Å². The number of anilines is 3. The lowest BCUT2D eigenvalue weighted by molar-refractivity contribution is 0.0999. The number of fused-ring (bicyclic) bond motifs is 1. The predicted octanol–water partition coefficient (Wildman–Crippen LogP) is 3.24. The zero-order valence-electron chi connectivity index (χ0n) is 18.8. The summed E-state index contributed by atoms with van der Waals surface area (Å²) in [4.78, 5) is 42.8. The van der Waals surface area contributed by atoms with Gasteiger partial charge in [-0.2, -0.15) is 0 Å². The summed E-state index contributed by atoms with van der Waals surface area (Å²) in [5, 5.41) is 3.01. The smallest absolute Gasteiger partial charge is 0.326 e. The van der Waals surface area contributed by atoms with E-state index < -0.39 is 11.3 Å². The number of urea groups is 1. The van der Waals surface area contributed by atoms with Crippen molar-refractivity contribution in [3.05, 3.63) is 82.8 Å². The molecule has 34 heavy (non-hydrogen) atoms. The third-order valence-corrected chi connectivity index (χ3v) is 5.65. The lowest BCUT2D eigenvalue weighted by atomic mass is 10.0. The Morgan fingerprint density at radius 2 is 1.76 bits per heavy atom. The molecule has 0 aliphatic carbocycles. The predicted molar refractivity (Wildman–Crippen MR) is 133 cm³/mol. The molecule has 172 valence electrons. The molecule has 0 bridgehead atoms. The van der Waals surface area contributed by atoms with Crippen LogP contribution in [0.15, 0.2) is 71.8 Å². The molecule has 2 aromatic heterocycles. The van der Waals surface area contributed by atoms with Crippen molar-refractivity contribution in [3.8, 4) is 11.1 Å². The second kappa shape index (κ2) is 9.07. The summed E-state index contributed by atoms with van der Waals surface area (Å²) >= 11 is 0. The minimum atomic E-state index is -0.847. The maximum Gasteiger partial charge on any atom is 0.326 e. The van der Waals surface area contributed by atoms with Crippen LogP contribution in [0.1, 0.15) is 17.3 Å². The minimum Gasteiger partial charge on any atom is -0.384 e. The summed E-state index contributed by atoms with van der Waals surface area (Å²) in [6.07, 6.45) is 3.25. The monoisotopic (exact) mass is 456 g/mol. The van der Waals surface area contributed by atoms with Gasteiger partial charge in [-0.1, -0.05) is 18.2 Å². The largest absolute Gasteiger partial charge is 0.384 e. The summed E-state index contributed by atoms with van der Waals surface area (Å²) in [6, 6.07) is 16.0. The molecule has 0 aliphatic rings. The third kappa shape index (κ3) is 3.83. The summed E-state index contributed by atoms with van der Waals surface area (Å²) < 4.78 is 1.70. The van der Waals surface area contributed by atoms with Crippen molar-refractivity contribution in [2.75, 3.05) is 17.7 Å². The zero-order chi connectivity index (χ0) is 24.4. The van der Waals surface area contributed by atoms with Gasteiger partial charge in [0.05, 0.1) is 23.1 Å². The van der Waals surface area contributed by atoms with Crippen LogP contribution in [-0.2, 0) is 6.54 Å². The van der Waals surface area contributed by atoms with E-state index in [1.165, 1.54) is 4.90 Å². The highest BCUT2D eigenvalue weighted by Crippen LogP contribution is 2.30. The topological polar surface area (TPSA) is 136 Å². The molecule has 9 nitrogen and oxygen atoms in total. The summed E-state index contributed by atoms with van der Waals surface area (Å²) in [6.45, 7) is 2.33. The molecule has 0 spiro atoms. The Balaban J connectivity index is 1.80. The molecule has 3 amide bonds. The summed E-state index contributed by atoms with van der Waals surface area (Å²) in [5.74, 6) is -0.793. The number of hydrogen-bond acceptors (Lipinski definition) is 5. The van der Waals surface area contributed by atoms with Crippen LogP contribution in [-0.4, -0.2) is 28.5 Å². The van der Waals surface area contributed by atoms with Crippen LogP contribution in [0.2, 0.25) is 0 Å². The number of benzene rings is 2. The van der Waals surface area contributed by atoms with Gasteiger partial charge in [0, 0.05) is 25.2 Å². The van der Waals surface area contributed by atoms with Crippen LogP contribution >= 0.6 is 0 Å². The number of primary amides is 1. The van der Waals surface area contributed by atoms with E-state index in [2.05, 4.69) is 10.3 Å². The van der Waals surface area contributed by atoms with Crippen molar-refractivity contribution in [1.29, 1.82) is 0 Å². The van der Waals surface area contributed by atoms with E-state index in [4.69, 9.17) is 11.5 Å². The Morgan fingerprint density at radius 1 is 1.06 bits per heavy atom. The quantitative estimate of drug-likeness (QED) is 0.423. The second-order valence-electron chi connectivity index (χ2n) is 7.58. The number of nitrogens with one attached hydrogen (secondary N) is 1. The molecule has 0 aliphatic heterocycles. The summed E-state index contributed by atoms with van der Waals surface area (Å²) in [5.41, 5.74) is 14.5. The first-order chi connectivity index (χ1) is 16.4. The van der Waals surface area contributed by atoms with E-state index in [0.717, 1.165) is 11.1 Å². The van der Waals surface area contributed by atoms with Crippen molar-refractivity contribution < 1.29 is 9.59 Å². The van der Waals surface area contributed by atoms with E-state index in [-0.39, 0.29) is 17.4 Å². The molecule has 4 aromatic rings. The Morgan fingerprint density at radius 3 is 2.35 bits per heavy atom. The highest BCUT2D eigenvalue weighted by Gasteiger charge is 2.19. The molecule has 9 heteroatoms. The lowest BCUT2D eigenvalue weighted by Gasteiger charge is -2.22. The Bertz CT molecular complexity index is 1450. The van der Waals surface area contributed by atoms with Crippen LogP contribution in [0.4, 0.5) is 22.0 Å². The first-order valence-corrected chi connectivity index (χ1v) is 10.7. The molecule has 4 rings (SSSR count). The zero-order valence-corrected chi connectivity index (χ0v) is 18.8. The maximum absolute atomic E-state index is 12.8. The highest BCUT2D eigenvalue weighted by atomic mass is 16.2. The Hall–Kier alpha value is -4.66. The highest BCUT2D eigenvalue weighted by molar-refractivity contribution is 6.02. The number of nitrogens with two attached hydrogens (primary N) is 2. The number of aryl methyl sites for hydroxylation is 1. The van der Waals surface area contributed by atoms with Gasteiger partial charge in [-0.25, -0.2) is 4.79 Å². The van der Waals surface area contributed by atoms with Gasteiger partial charge in [-0.05, 0) is 54.4 Å². The van der Waals surface area contributed by atoms with Gasteiger partial charge in [0.1, 0.15) is 11.4 Å². The van der Waals surface area contributed by atoms with Gasteiger partial charge in [0.25, 0.3) is 5.91 Å². The van der Waals surface area contributed by atoms with Crippen LogP contribution in [0.5, 0.6) is 0 Å². The lowest BCUT2D eigenvalue weighted by Crippen LogP contribution is -2.34. The van der Waals surface area contributed by atoms with Gasteiger partial charge in [-0.15, -0.1) is 0 Å². The number of hydrogen-bond donors (Lipinski definition) is 3. The molecule has 0 saturated carbocycles. The molecular weight excluding hydrogens is 432 g/mol. The number of carbonyl (C=O) groups excluding carboxylic acids is 2. The van der Waals surface area contributed by atoms with Crippen molar-refractivity contribution in [2.24, 2.45) is 5.73 Å². The average molecular weight is 457 g/mol. The molecule has 5 N–H and O–H groups in total. The van der Waals surface area contributed by atoms with Gasteiger partial charge in [0.15, 0.2) is 0 Å². The molecule has 0 saturated heterocycles. The van der Waals surface area contributed by atoms with Crippen molar-refractivity contribution in [1.82, 2.24) is 14.9 Å². The van der Waals surface area contributed by atoms with E-state index in [1.54, 1.807) is 48.3 Å². The molecular formula is C25H24N6O3. The fraction of sp³-hybridized carbons (Fsp3) is 0.120. The van der Waals surface area contributed by atoms with Crippen LogP contribution in [0.3, 0.4) is 0 Å². The Labute approximate surface area is 195 Å². The average Bonchev–Trinajstić information content (AvgIpc) is 2.85. The number of nitrogens with zero attached hydrogens (tertiary/aromatic N) is 3. The molecule has 0 unspecified atom stereocenters. The van der Waals surface area contributed by atoms with Crippen LogP contribution < -0.4 is 27.1 Å². The third-order valence-electron chi connectivity index (χ3n) is 5.65. The normalized spacial score (nSPS) is 10.8. The standard InChI is InChI=1S/C25H24N6O3/c1-3-30-20-13-16(8-11-19(20)22(32)21(23(30)26)24(27)33)15-6-9-17(10-7-15)31(25(34)28-2)18-5-4-12-29-14-18/h4-14H,3,26H2,1-2H3,(H2,27,33)(H,28,34). The van der Waals surface area contributed by atoms with Crippen LogP contribution in [0.25, 0.3) is 22.0 Å². The van der Waals surface area contributed by atoms with Gasteiger partial charge in [-0.3, -0.25) is 19.5 Å². The number of pyridine rings is 2. The van der Waals surface area contributed by atoms with E-state index in [1.807, 2.05) is 37.3 Å². The SMILES string of the molecule is CCn1c(N)c(C(N)=O)c(=O)c2ccc(-c3ccc(N(C(=O)NC)c4cccnc4)cc3)cc21. The van der Waals surface area contributed by atoms with E-state index in [9.17, 15) is 14.4 Å². The first-order valence-electron chi connectivity index (χ1n) is 10.7. The second-order valence-corrected chi connectivity index (χ2v) is 7.58. The van der Waals surface area contributed by atoms with E-state index in [0.29, 0.717) is 28.8 Å². The van der Waals surface area contributed by atoms with Crippen molar-refractivity contribution in [2.45, 2.75) is 13.5 Å². The number of rotatable bonds is 5. The number of aromatic nitrogens is 2.